The summed E-state index contributed by atoms with van der Waals surface area (Å²) in [7, 11) is 3.01. The highest BCUT2D eigenvalue weighted by atomic mass is 19.1. The number of halogens is 1. The number of benzene rings is 2. The molecule has 7 nitrogen and oxygen atoms in total. The van der Waals surface area contributed by atoms with Gasteiger partial charge in [-0.1, -0.05) is 12.1 Å². The molecule has 0 aliphatic rings. The number of rotatable bonds is 6. The maximum atomic E-state index is 13.5. The minimum Gasteiger partial charge on any atom is -0.493 e. The predicted octanol–water partition coefficient (Wildman–Crippen LogP) is 3.64. The number of amides is 1. The number of anilines is 1. The number of ether oxygens (including phenoxy) is 2. The van der Waals surface area contributed by atoms with Crippen LogP contribution < -0.4 is 20.1 Å². The first-order chi connectivity index (χ1) is 14.6. The van der Waals surface area contributed by atoms with Crippen LogP contribution >= 0.6 is 0 Å². The zero-order chi connectivity index (χ0) is 21.3. The summed E-state index contributed by atoms with van der Waals surface area (Å²) in [5, 5.41) is 5.65. The monoisotopic (exact) mass is 408 g/mol. The standard InChI is InChI=1S/C22H21FN4O3/c1-29-19-10-9-15(12-20(19)30-2)21(28)27-22(25-14-18-7-3-4-11-24-18)26-17-8-5-6-16(23)13-17/h3-13H,14H2,1-2H3,(H2,25,26,27,28). The Hall–Kier alpha value is -3.94. The molecule has 30 heavy (non-hydrogen) atoms. The first kappa shape index (κ1) is 20.8. The van der Waals surface area contributed by atoms with Gasteiger partial charge in [-0.15, -0.1) is 0 Å². The van der Waals surface area contributed by atoms with Crippen LogP contribution in [0.4, 0.5) is 10.1 Å². The molecule has 0 radical (unpaired) electrons. The number of methoxy groups -OCH3 is 2. The summed E-state index contributed by atoms with van der Waals surface area (Å²) in [5.74, 6) is 0.271. The number of aromatic nitrogens is 1. The van der Waals surface area contributed by atoms with Crippen molar-refractivity contribution in [3.63, 3.8) is 0 Å². The quantitative estimate of drug-likeness (QED) is 0.481. The van der Waals surface area contributed by atoms with Crippen molar-refractivity contribution < 1.29 is 18.7 Å². The second-order valence-corrected chi connectivity index (χ2v) is 6.15. The number of hydrogen-bond acceptors (Lipinski definition) is 5. The fourth-order valence-electron chi connectivity index (χ4n) is 2.62. The minimum atomic E-state index is -0.417. The van der Waals surface area contributed by atoms with Crippen molar-refractivity contribution in [2.75, 3.05) is 19.5 Å². The average Bonchev–Trinajstić information content (AvgIpc) is 2.77. The van der Waals surface area contributed by atoms with Gasteiger partial charge in [-0.25, -0.2) is 9.38 Å². The molecule has 0 atom stereocenters. The number of nitrogens with one attached hydrogen (secondary N) is 2. The second kappa shape index (κ2) is 10.0. The van der Waals surface area contributed by atoms with Crippen LogP contribution in [0.2, 0.25) is 0 Å². The van der Waals surface area contributed by atoms with Gasteiger partial charge in [-0.05, 0) is 48.5 Å². The number of aliphatic imine (C=N–C) groups is 1. The van der Waals surface area contributed by atoms with E-state index in [1.165, 1.54) is 26.4 Å². The first-order valence-electron chi connectivity index (χ1n) is 9.09. The summed E-state index contributed by atoms with van der Waals surface area (Å²) < 4.78 is 24.0. The Morgan fingerprint density at radius 3 is 2.57 bits per heavy atom. The van der Waals surface area contributed by atoms with E-state index in [1.807, 2.05) is 12.1 Å². The van der Waals surface area contributed by atoms with E-state index in [2.05, 4.69) is 20.6 Å². The van der Waals surface area contributed by atoms with Gasteiger partial charge in [0.05, 0.1) is 26.5 Å². The van der Waals surface area contributed by atoms with E-state index in [0.717, 1.165) is 5.69 Å². The summed E-state index contributed by atoms with van der Waals surface area (Å²) >= 11 is 0. The van der Waals surface area contributed by atoms with Gasteiger partial charge >= 0.3 is 0 Å². The van der Waals surface area contributed by atoms with Crippen LogP contribution in [0.5, 0.6) is 11.5 Å². The molecule has 1 amide bonds. The molecule has 0 aliphatic heterocycles. The van der Waals surface area contributed by atoms with Crippen molar-refractivity contribution in [1.29, 1.82) is 0 Å². The van der Waals surface area contributed by atoms with Crippen molar-refractivity contribution >= 4 is 17.6 Å². The molecule has 0 saturated heterocycles. The van der Waals surface area contributed by atoms with E-state index < -0.39 is 11.7 Å². The zero-order valence-corrected chi connectivity index (χ0v) is 16.6. The second-order valence-electron chi connectivity index (χ2n) is 6.15. The smallest absolute Gasteiger partial charge is 0.258 e. The largest absolute Gasteiger partial charge is 0.493 e. The Morgan fingerprint density at radius 2 is 1.87 bits per heavy atom. The van der Waals surface area contributed by atoms with Crippen molar-refractivity contribution in [1.82, 2.24) is 10.3 Å². The molecule has 0 spiro atoms. The summed E-state index contributed by atoms with van der Waals surface area (Å²) in [6.07, 6.45) is 1.66. The number of guanidine groups is 1. The van der Waals surface area contributed by atoms with Crippen LogP contribution in [-0.4, -0.2) is 31.1 Å². The number of carbonyl (C=O) groups excluding carboxylic acids is 1. The maximum absolute atomic E-state index is 13.5. The molecule has 2 aromatic carbocycles. The third kappa shape index (κ3) is 5.54. The van der Waals surface area contributed by atoms with Gasteiger partial charge in [0.25, 0.3) is 5.91 Å². The van der Waals surface area contributed by atoms with Crippen molar-refractivity contribution in [2.45, 2.75) is 6.54 Å². The molecule has 2 N–H and O–H groups in total. The minimum absolute atomic E-state index is 0.158. The summed E-state index contributed by atoms with van der Waals surface area (Å²) in [6.45, 7) is 0.227. The molecule has 1 aromatic heterocycles. The number of hydrogen-bond donors (Lipinski definition) is 2. The van der Waals surface area contributed by atoms with Crippen LogP contribution in [-0.2, 0) is 6.54 Å². The van der Waals surface area contributed by atoms with Crippen molar-refractivity contribution in [3.05, 3.63) is 83.9 Å². The molecule has 8 heteroatoms. The van der Waals surface area contributed by atoms with E-state index in [1.54, 1.807) is 42.6 Å². The van der Waals surface area contributed by atoms with Crippen LogP contribution in [0.15, 0.2) is 71.9 Å². The highest BCUT2D eigenvalue weighted by molar-refractivity contribution is 6.10. The van der Waals surface area contributed by atoms with Gasteiger partial charge in [0, 0.05) is 17.4 Å². The Balaban J connectivity index is 1.83. The van der Waals surface area contributed by atoms with Gasteiger partial charge in [-0.3, -0.25) is 15.1 Å². The molecule has 1 heterocycles. The molecule has 0 fully saturated rings. The van der Waals surface area contributed by atoms with E-state index in [4.69, 9.17) is 9.47 Å². The zero-order valence-electron chi connectivity index (χ0n) is 16.6. The van der Waals surface area contributed by atoms with Gasteiger partial charge in [0.1, 0.15) is 5.82 Å². The molecule has 0 aliphatic carbocycles. The highest BCUT2D eigenvalue weighted by Crippen LogP contribution is 2.27. The summed E-state index contributed by atoms with van der Waals surface area (Å²) in [5.41, 5.74) is 1.51. The Morgan fingerprint density at radius 1 is 1.03 bits per heavy atom. The SMILES string of the molecule is COc1ccc(C(=O)NC(=NCc2ccccn2)Nc2cccc(F)c2)cc1OC. The van der Waals surface area contributed by atoms with Gasteiger partial charge in [0.2, 0.25) is 5.96 Å². The Labute approximate surface area is 173 Å². The van der Waals surface area contributed by atoms with Gasteiger partial charge in [-0.2, -0.15) is 0 Å². The molecule has 0 saturated carbocycles. The molecular weight excluding hydrogens is 387 g/mol. The van der Waals surface area contributed by atoms with Crippen LogP contribution in [0, 0.1) is 5.82 Å². The fraction of sp³-hybridized carbons (Fsp3) is 0.136. The topological polar surface area (TPSA) is 84.8 Å². The third-order valence-corrected chi connectivity index (χ3v) is 4.09. The van der Waals surface area contributed by atoms with E-state index in [-0.39, 0.29) is 12.5 Å². The summed E-state index contributed by atoms with van der Waals surface area (Å²) in [4.78, 5) is 21.4. The lowest BCUT2D eigenvalue weighted by molar-refractivity contribution is 0.0976. The van der Waals surface area contributed by atoms with Crippen LogP contribution in [0.1, 0.15) is 16.1 Å². The lowest BCUT2D eigenvalue weighted by Crippen LogP contribution is -2.36. The van der Waals surface area contributed by atoms with E-state index in [0.29, 0.717) is 22.7 Å². The first-order valence-corrected chi connectivity index (χ1v) is 9.09. The van der Waals surface area contributed by atoms with E-state index in [9.17, 15) is 9.18 Å². The van der Waals surface area contributed by atoms with Crippen molar-refractivity contribution in [3.8, 4) is 11.5 Å². The number of pyridine rings is 1. The van der Waals surface area contributed by atoms with Gasteiger partial charge in [0.15, 0.2) is 11.5 Å². The molecule has 0 unspecified atom stereocenters. The number of nitrogens with zero attached hydrogens (tertiary/aromatic N) is 2. The summed E-state index contributed by atoms with van der Waals surface area (Å²) in [6, 6.07) is 16.1. The number of carbonyl (C=O) groups is 1. The molecule has 0 bridgehead atoms. The normalized spacial score (nSPS) is 11.0. The maximum Gasteiger partial charge on any atom is 0.258 e. The fourth-order valence-corrected chi connectivity index (χ4v) is 2.62. The van der Waals surface area contributed by atoms with Crippen molar-refractivity contribution in [2.24, 2.45) is 4.99 Å². The predicted molar refractivity (Wildman–Crippen MR) is 112 cm³/mol. The molecule has 3 rings (SSSR count). The molecule has 3 aromatic rings. The lowest BCUT2D eigenvalue weighted by Gasteiger charge is -2.13. The Bertz CT molecular complexity index is 1040. The van der Waals surface area contributed by atoms with Gasteiger partial charge < -0.3 is 14.8 Å². The average molecular weight is 408 g/mol. The van der Waals surface area contributed by atoms with E-state index >= 15 is 0 Å². The third-order valence-electron chi connectivity index (χ3n) is 4.09. The van der Waals surface area contributed by atoms with Crippen LogP contribution in [0.3, 0.4) is 0 Å². The lowest BCUT2D eigenvalue weighted by atomic mass is 10.2. The Kier molecular flexibility index (Phi) is 6.94. The van der Waals surface area contributed by atoms with Crippen LogP contribution in [0.25, 0.3) is 0 Å². The highest BCUT2D eigenvalue weighted by Gasteiger charge is 2.13. The molecule has 154 valence electrons. The molecular formula is C22H21FN4O3.